The molecule has 11 nitrogen and oxygen atoms in total. The minimum absolute atomic E-state index is 0.0408. The molecule has 1 atom stereocenters. The van der Waals surface area contributed by atoms with Crippen molar-refractivity contribution in [2.24, 2.45) is 0 Å². The van der Waals surface area contributed by atoms with Crippen molar-refractivity contribution in [3.05, 3.63) is 119 Å². The van der Waals surface area contributed by atoms with E-state index in [2.05, 4.69) is 42.8 Å². The molecule has 3 N–H and O–H groups in total. The highest BCUT2D eigenvalue weighted by Crippen LogP contribution is 2.39. The maximum Gasteiger partial charge on any atom is 0.418 e. The van der Waals surface area contributed by atoms with Crippen molar-refractivity contribution in [1.82, 2.24) is 24.8 Å². The van der Waals surface area contributed by atoms with Crippen molar-refractivity contribution in [3.8, 4) is 11.8 Å². The van der Waals surface area contributed by atoms with E-state index in [1.807, 2.05) is 44.3 Å². The first-order valence-corrected chi connectivity index (χ1v) is 18.0. The number of hydrogen-bond donors (Lipinski definition) is 3. The Bertz CT molecular complexity index is 2300. The number of rotatable bonds is 8. The molecule has 0 spiro atoms. The lowest BCUT2D eigenvalue weighted by Gasteiger charge is -2.38. The third-order valence-electron chi connectivity index (χ3n) is 10.1. The Labute approximate surface area is 315 Å². The lowest BCUT2D eigenvalue weighted by atomic mass is 10.0. The first-order valence-electron chi connectivity index (χ1n) is 18.0. The number of benzene rings is 3. The summed E-state index contributed by atoms with van der Waals surface area (Å²) in [5.41, 5.74) is 4.07. The van der Waals surface area contributed by atoms with Gasteiger partial charge in [0.1, 0.15) is 11.7 Å². The normalized spacial score (nSPS) is 16.5. The molecule has 0 aliphatic carbocycles. The number of carbonyl (C=O) groups excluding carboxylic acids is 3. The lowest BCUT2D eigenvalue weighted by Crippen LogP contribution is -2.47. The predicted molar refractivity (Wildman–Crippen MR) is 202 cm³/mol. The Morgan fingerprint density at radius 1 is 0.982 bits per heavy atom. The first kappa shape index (κ1) is 37.1. The van der Waals surface area contributed by atoms with Gasteiger partial charge in [0, 0.05) is 66.5 Å². The van der Waals surface area contributed by atoms with Crippen LogP contribution >= 0.6 is 0 Å². The maximum atomic E-state index is 14.5. The van der Waals surface area contributed by atoms with E-state index in [0.29, 0.717) is 62.2 Å². The fourth-order valence-corrected chi connectivity index (χ4v) is 6.97. The maximum absolute atomic E-state index is 14.5. The number of piperidine rings is 2. The largest absolute Gasteiger partial charge is 0.418 e. The summed E-state index contributed by atoms with van der Waals surface area (Å²) in [7, 11) is 2.01. The summed E-state index contributed by atoms with van der Waals surface area (Å²) in [6, 6.07) is 20.0. The summed E-state index contributed by atoms with van der Waals surface area (Å²) in [5, 5.41) is 12.4. The van der Waals surface area contributed by atoms with Gasteiger partial charge in [0.2, 0.25) is 11.8 Å². The van der Waals surface area contributed by atoms with Gasteiger partial charge in [-0.15, -0.1) is 0 Å². The summed E-state index contributed by atoms with van der Waals surface area (Å²) in [4.78, 5) is 45.0. The van der Waals surface area contributed by atoms with Crippen LogP contribution in [0.15, 0.2) is 85.2 Å². The topological polar surface area (TPSA) is 124 Å². The van der Waals surface area contributed by atoms with Crippen LogP contribution in [0.3, 0.4) is 0 Å². The van der Waals surface area contributed by atoms with Gasteiger partial charge in [-0.05, 0) is 105 Å². The molecule has 3 amide bonds. The highest BCUT2D eigenvalue weighted by Gasteiger charge is 2.36. The van der Waals surface area contributed by atoms with Gasteiger partial charge < -0.3 is 15.5 Å². The van der Waals surface area contributed by atoms with Crippen LogP contribution in [0.4, 0.5) is 30.2 Å². The van der Waals surface area contributed by atoms with Gasteiger partial charge in [-0.25, -0.2) is 9.50 Å². The number of alkyl halides is 3. The third kappa shape index (κ3) is 8.63. The van der Waals surface area contributed by atoms with Gasteiger partial charge >= 0.3 is 6.18 Å². The van der Waals surface area contributed by atoms with E-state index in [4.69, 9.17) is 0 Å². The number of nitrogens with zero attached hydrogens (tertiary/aromatic N) is 5. The molecule has 7 rings (SSSR count). The number of aryl methyl sites for hydroxylation is 1. The van der Waals surface area contributed by atoms with Crippen LogP contribution in [0.1, 0.15) is 64.0 Å². The van der Waals surface area contributed by atoms with Crippen LogP contribution in [-0.2, 0) is 22.3 Å². The summed E-state index contributed by atoms with van der Waals surface area (Å²) < 4.78 is 45.0. The minimum Gasteiger partial charge on any atom is -0.374 e. The molecule has 5 aromatic rings. The SMILES string of the molecule is Cc1ccc(C(=O)Nc2ccc(N3CCC(N(C)Cc4ccc(NC5CCC(=O)NC5=O)cc4)CC3)c(C(F)(F)F)c2)cc1C#Cc1cnc2cccnn12. The van der Waals surface area contributed by atoms with Crippen LogP contribution in [0.5, 0.6) is 0 Å². The smallest absolute Gasteiger partial charge is 0.374 e. The summed E-state index contributed by atoms with van der Waals surface area (Å²) in [5.74, 6) is 4.97. The summed E-state index contributed by atoms with van der Waals surface area (Å²) in [6.45, 7) is 3.40. The van der Waals surface area contributed by atoms with Crippen LogP contribution in [-0.4, -0.2) is 69.4 Å². The molecule has 282 valence electrons. The zero-order valence-electron chi connectivity index (χ0n) is 30.3. The van der Waals surface area contributed by atoms with E-state index in [0.717, 1.165) is 22.9 Å². The summed E-state index contributed by atoms with van der Waals surface area (Å²) >= 11 is 0. The Kier molecular flexibility index (Phi) is 10.6. The number of nitrogens with one attached hydrogen (secondary N) is 3. The van der Waals surface area contributed by atoms with Crippen molar-refractivity contribution < 1.29 is 27.6 Å². The average Bonchev–Trinajstić information content (AvgIpc) is 3.59. The number of imidazole rings is 1. The second kappa shape index (κ2) is 15.6. The van der Waals surface area contributed by atoms with Crippen molar-refractivity contribution in [3.63, 3.8) is 0 Å². The molecule has 2 fully saturated rings. The number of anilines is 3. The Balaban J connectivity index is 0.968. The monoisotopic (exact) mass is 748 g/mol. The number of amides is 3. The number of aromatic nitrogens is 3. The first-order chi connectivity index (χ1) is 26.4. The summed E-state index contributed by atoms with van der Waals surface area (Å²) in [6.07, 6.45) is 0.691. The zero-order chi connectivity index (χ0) is 38.7. The van der Waals surface area contributed by atoms with Crippen molar-refractivity contribution in [2.45, 2.75) is 57.4 Å². The van der Waals surface area contributed by atoms with E-state index in [1.165, 1.54) is 12.1 Å². The van der Waals surface area contributed by atoms with Crippen LogP contribution < -0.4 is 20.9 Å². The van der Waals surface area contributed by atoms with Crippen LogP contribution in [0.2, 0.25) is 0 Å². The van der Waals surface area contributed by atoms with E-state index in [1.54, 1.807) is 46.1 Å². The zero-order valence-corrected chi connectivity index (χ0v) is 30.3. The molecule has 2 aliphatic rings. The van der Waals surface area contributed by atoms with Gasteiger partial charge in [0.25, 0.3) is 5.91 Å². The van der Waals surface area contributed by atoms with Crippen molar-refractivity contribution in [2.75, 3.05) is 35.7 Å². The molecule has 2 saturated heterocycles. The third-order valence-corrected chi connectivity index (χ3v) is 10.1. The highest BCUT2D eigenvalue weighted by atomic mass is 19.4. The van der Waals surface area contributed by atoms with Gasteiger partial charge in [0.15, 0.2) is 5.65 Å². The quantitative estimate of drug-likeness (QED) is 0.130. The van der Waals surface area contributed by atoms with Crippen LogP contribution in [0, 0.1) is 18.8 Å². The molecule has 0 radical (unpaired) electrons. The standard InChI is InChI=1S/C41H39F3N8O3/c1-26-5-8-29(22-28(26)9-13-33-24-45-37-4-3-19-46-52(33)37)39(54)48-31-12-15-36(34(23-31)41(42,43)44)51-20-17-32(18-21-51)50(2)25-27-6-10-30(11-7-27)47-35-14-16-38(53)49-40(35)55/h3-8,10-12,15,19,22-24,32,35,47H,14,16-18,20-21,25H2,1-2H3,(H,48,54)(H,49,53,55). The Hall–Kier alpha value is -6.20. The van der Waals surface area contributed by atoms with E-state index >= 15 is 0 Å². The second-order valence-corrected chi connectivity index (χ2v) is 13.9. The molecule has 0 bridgehead atoms. The number of fused-ring (bicyclic) bond motifs is 1. The molecule has 2 aliphatic heterocycles. The van der Waals surface area contributed by atoms with Crippen molar-refractivity contribution >= 4 is 40.4 Å². The molecular formula is C41H39F3N8O3. The fourth-order valence-electron chi connectivity index (χ4n) is 6.97. The Morgan fingerprint density at radius 2 is 1.75 bits per heavy atom. The predicted octanol–water partition coefficient (Wildman–Crippen LogP) is 6.03. The molecule has 14 heteroatoms. The highest BCUT2D eigenvalue weighted by molar-refractivity contribution is 6.04. The number of hydrogen-bond acceptors (Lipinski definition) is 8. The molecule has 55 heavy (non-hydrogen) atoms. The fraction of sp³-hybridized carbons (Fsp3) is 0.293. The molecule has 0 saturated carbocycles. The van der Waals surface area contributed by atoms with Gasteiger partial charge in [-0.3, -0.25) is 24.6 Å². The van der Waals surface area contributed by atoms with Crippen molar-refractivity contribution in [1.29, 1.82) is 0 Å². The molecule has 1 unspecified atom stereocenters. The minimum atomic E-state index is -4.64. The van der Waals surface area contributed by atoms with E-state index in [9.17, 15) is 27.6 Å². The average molecular weight is 749 g/mol. The van der Waals surface area contributed by atoms with Gasteiger partial charge in [0.05, 0.1) is 11.8 Å². The molecule has 4 heterocycles. The second-order valence-electron chi connectivity index (χ2n) is 13.9. The van der Waals surface area contributed by atoms with E-state index < -0.39 is 23.7 Å². The molecule has 2 aromatic heterocycles. The number of imide groups is 1. The van der Waals surface area contributed by atoms with Gasteiger partial charge in [-0.1, -0.05) is 24.1 Å². The lowest BCUT2D eigenvalue weighted by molar-refractivity contribution is -0.137. The Morgan fingerprint density at radius 3 is 2.49 bits per heavy atom. The molecule has 3 aromatic carbocycles. The number of carbonyl (C=O) groups is 3. The van der Waals surface area contributed by atoms with E-state index in [-0.39, 0.29) is 34.8 Å². The van der Waals surface area contributed by atoms with Crippen LogP contribution in [0.25, 0.3) is 5.65 Å². The van der Waals surface area contributed by atoms with Gasteiger partial charge in [-0.2, -0.15) is 18.3 Å². The molecular weight excluding hydrogens is 709 g/mol. The number of halogens is 3.